The first-order chi connectivity index (χ1) is 16.3. The van der Waals surface area contributed by atoms with Gasteiger partial charge in [0.2, 0.25) is 10.0 Å². The van der Waals surface area contributed by atoms with Crippen LogP contribution in [0.1, 0.15) is 18.9 Å². The molecule has 3 rings (SSSR count). The van der Waals surface area contributed by atoms with Gasteiger partial charge in [-0.3, -0.25) is 9.59 Å². The van der Waals surface area contributed by atoms with Crippen molar-refractivity contribution in [2.75, 3.05) is 33.4 Å². The second-order valence-electron chi connectivity index (χ2n) is 7.50. The lowest BCUT2D eigenvalue weighted by Crippen LogP contribution is -2.39. The molecule has 2 aromatic carbocycles. The van der Waals surface area contributed by atoms with Crippen LogP contribution in [-0.4, -0.2) is 59.8 Å². The van der Waals surface area contributed by atoms with Gasteiger partial charge in [-0.2, -0.15) is 4.72 Å². The van der Waals surface area contributed by atoms with E-state index in [0.717, 1.165) is 11.3 Å². The Morgan fingerprint density at radius 3 is 2.47 bits per heavy atom. The highest BCUT2D eigenvalue weighted by molar-refractivity contribution is 7.89. The van der Waals surface area contributed by atoms with Crippen LogP contribution in [0.25, 0.3) is 0 Å². The Hall–Kier alpha value is -3.31. The number of rotatable bonds is 10. The predicted octanol–water partition coefficient (Wildman–Crippen LogP) is 1.43. The van der Waals surface area contributed by atoms with E-state index in [1.54, 1.807) is 7.11 Å². The van der Waals surface area contributed by atoms with Crippen LogP contribution in [0.15, 0.2) is 47.4 Å². The number of carbonyl (C=O) groups excluding carboxylic acids is 2. The molecule has 2 N–H and O–H groups in total. The zero-order valence-electron chi connectivity index (χ0n) is 19.0. The van der Waals surface area contributed by atoms with E-state index in [9.17, 15) is 18.0 Å². The first kappa shape index (κ1) is 25.3. The summed E-state index contributed by atoms with van der Waals surface area (Å²) < 4.78 is 48.4. The molecular formula is C23H28N2O8S. The van der Waals surface area contributed by atoms with Gasteiger partial charge in [-0.25, -0.2) is 8.42 Å². The lowest BCUT2D eigenvalue weighted by Gasteiger charge is -2.14. The van der Waals surface area contributed by atoms with Crippen molar-refractivity contribution >= 4 is 21.9 Å². The average Bonchev–Trinajstić information content (AvgIpc) is 3.08. The Bertz CT molecular complexity index is 1100. The third kappa shape index (κ3) is 7.09. The summed E-state index contributed by atoms with van der Waals surface area (Å²) in [5, 5.41) is 2.69. The Kier molecular flexibility index (Phi) is 8.72. The molecule has 10 nitrogen and oxygen atoms in total. The van der Waals surface area contributed by atoms with Gasteiger partial charge in [-0.15, -0.1) is 0 Å². The van der Waals surface area contributed by atoms with Crippen LogP contribution in [0.3, 0.4) is 0 Å². The van der Waals surface area contributed by atoms with Crippen LogP contribution in [0, 0.1) is 0 Å². The Balaban J connectivity index is 1.44. The average molecular weight is 493 g/mol. The van der Waals surface area contributed by atoms with Crippen molar-refractivity contribution in [1.29, 1.82) is 0 Å². The minimum absolute atomic E-state index is 0.0751. The van der Waals surface area contributed by atoms with E-state index in [1.165, 1.54) is 25.1 Å². The summed E-state index contributed by atoms with van der Waals surface area (Å²) in [5.74, 6) is 0.169. The first-order valence-corrected chi connectivity index (χ1v) is 12.3. The molecule has 2 aromatic rings. The van der Waals surface area contributed by atoms with Crippen molar-refractivity contribution in [1.82, 2.24) is 10.0 Å². The molecule has 184 valence electrons. The number of sulfonamides is 1. The van der Waals surface area contributed by atoms with Crippen molar-refractivity contribution in [2.24, 2.45) is 0 Å². The Labute approximate surface area is 198 Å². The number of ether oxygens (including phenoxy) is 4. The van der Waals surface area contributed by atoms with Gasteiger partial charge < -0.3 is 24.3 Å². The molecule has 1 amide bonds. The summed E-state index contributed by atoms with van der Waals surface area (Å²) in [5.41, 5.74) is 1.01. The van der Waals surface area contributed by atoms with Gasteiger partial charge in [-0.05, 0) is 43.2 Å². The fourth-order valence-corrected chi connectivity index (χ4v) is 4.09. The smallest absolute Gasteiger partial charge is 0.321 e. The van der Waals surface area contributed by atoms with Crippen molar-refractivity contribution in [2.45, 2.75) is 30.8 Å². The van der Waals surface area contributed by atoms with E-state index in [2.05, 4.69) is 10.0 Å². The molecule has 0 aromatic heterocycles. The van der Waals surface area contributed by atoms with Crippen LogP contribution in [0.5, 0.6) is 17.2 Å². The number of methoxy groups -OCH3 is 1. The van der Waals surface area contributed by atoms with Crippen LogP contribution >= 0.6 is 0 Å². The van der Waals surface area contributed by atoms with Crippen LogP contribution in [0.2, 0.25) is 0 Å². The molecule has 0 fully saturated rings. The van der Waals surface area contributed by atoms with E-state index in [0.29, 0.717) is 44.1 Å². The van der Waals surface area contributed by atoms with Gasteiger partial charge in [0, 0.05) is 19.0 Å². The fourth-order valence-electron chi connectivity index (χ4n) is 3.11. The number of hydrogen-bond donors (Lipinski definition) is 2. The van der Waals surface area contributed by atoms with Gasteiger partial charge in [-0.1, -0.05) is 12.1 Å². The van der Waals surface area contributed by atoms with Crippen molar-refractivity contribution in [3.05, 3.63) is 48.0 Å². The molecule has 1 aliphatic rings. The molecule has 1 unspecified atom stereocenters. The zero-order valence-corrected chi connectivity index (χ0v) is 19.9. The maximum Gasteiger partial charge on any atom is 0.321 e. The second-order valence-corrected chi connectivity index (χ2v) is 9.27. The molecule has 0 bridgehead atoms. The topological polar surface area (TPSA) is 129 Å². The monoisotopic (exact) mass is 492 g/mol. The van der Waals surface area contributed by atoms with Crippen molar-refractivity contribution in [3.8, 4) is 17.2 Å². The molecule has 1 heterocycles. The number of fused-ring (bicyclic) bond motifs is 1. The standard InChI is InChI=1S/C23H28N2O8S/c1-16(23(27)24-11-10-17-4-6-18(30-2)7-5-17)33-22(26)15-25-34(28,29)19-8-9-20-21(14-19)32-13-3-12-31-20/h4-9,14,16,25H,3,10-13,15H2,1-2H3,(H,24,27). The number of carbonyl (C=O) groups is 2. The van der Waals surface area contributed by atoms with Crippen LogP contribution in [0.4, 0.5) is 0 Å². The third-order valence-electron chi connectivity index (χ3n) is 4.99. The third-order valence-corrected chi connectivity index (χ3v) is 6.38. The number of nitrogens with one attached hydrogen (secondary N) is 2. The zero-order chi connectivity index (χ0) is 24.6. The summed E-state index contributed by atoms with van der Waals surface area (Å²) in [6.45, 7) is 2.04. The Morgan fingerprint density at radius 2 is 1.76 bits per heavy atom. The predicted molar refractivity (Wildman–Crippen MR) is 122 cm³/mol. The molecule has 1 aliphatic heterocycles. The van der Waals surface area contributed by atoms with Gasteiger partial charge in [0.05, 0.1) is 25.2 Å². The van der Waals surface area contributed by atoms with Crippen LogP contribution in [-0.2, 0) is 30.8 Å². The van der Waals surface area contributed by atoms with Gasteiger partial charge in [0.1, 0.15) is 12.3 Å². The highest BCUT2D eigenvalue weighted by atomic mass is 32.2. The maximum absolute atomic E-state index is 12.5. The van der Waals surface area contributed by atoms with Gasteiger partial charge >= 0.3 is 5.97 Å². The maximum atomic E-state index is 12.5. The first-order valence-electron chi connectivity index (χ1n) is 10.8. The number of esters is 1. The summed E-state index contributed by atoms with van der Waals surface area (Å²) in [7, 11) is -2.42. The number of amides is 1. The summed E-state index contributed by atoms with van der Waals surface area (Å²) in [4.78, 5) is 24.2. The van der Waals surface area contributed by atoms with Crippen molar-refractivity contribution in [3.63, 3.8) is 0 Å². The molecule has 0 radical (unpaired) electrons. The van der Waals surface area contributed by atoms with Crippen LogP contribution < -0.4 is 24.2 Å². The summed E-state index contributed by atoms with van der Waals surface area (Å²) in [6, 6.07) is 11.6. The minimum Gasteiger partial charge on any atom is -0.497 e. The lowest BCUT2D eigenvalue weighted by atomic mass is 10.1. The Morgan fingerprint density at radius 1 is 1.06 bits per heavy atom. The second kappa shape index (κ2) is 11.7. The molecular weight excluding hydrogens is 464 g/mol. The van der Waals surface area contributed by atoms with E-state index >= 15 is 0 Å². The van der Waals surface area contributed by atoms with E-state index in [-0.39, 0.29) is 4.90 Å². The highest BCUT2D eigenvalue weighted by Gasteiger charge is 2.22. The SMILES string of the molecule is COc1ccc(CCNC(=O)C(C)OC(=O)CNS(=O)(=O)c2ccc3c(c2)OCCCO3)cc1. The highest BCUT2D eigenvalue weighted by Crippen LogP contribution is 2.31. The number of hydrogen-bond acceptors (Lipinski definition) is 8. The van der Waals surface area contributed by atoms with E-state index in [4.69, 9.17) is 18.9 Å². The molecule has 34 heavy (non-hydrogen) atoms. The molecule has 0 saturated carbocycles. The lowest BCUT2D eigenvalue weighted by molar-refractivity contribution is -0.153. The largest absolute Gasteiger partial charge is 0.497 e. The molecule has 0 spiro atoms. The van der Waals surface area contributed by atoms with Crippen molar-refractivity contribution < 1.29 is 37.0 Å². The van der Waals surface area contributed by atoms with E-state index < -0.39 is 34.5 Å². The molecule has 0 aliphatic carbocycles. The molecule has 0 saturated heterocycles. The summed E-state index contributed by atoms with van der Waals surface area (Å²) in [6.07, 6.45) is 0.200. The normalized spacial score (nSPS) is 13.9. The quantitative estimate of drug-likeness (QED) is 0.477. The molecule has 11 heteroatoms. The minimum atomic E-state index is -4.00. The van der Waals surface area contributed by atoms with E-state index in [1.807, 2.05) is 24.3 Å². The molecule has 1 atom stereocenters. The fraction of sp³-hybridized carbons (Fsp3) is 0.391. The summed E-state index contributed by atoms with van der Waals surface area (Å²) >= 11 is 0. The number of benzene rings is 2. The van der Waals surface area contributed by atoms with Gasteiger partial charge in [0.25, 0.3) is 5.91 Å². The van der Waals surface area contributed by atoms with Gasteiger partial charge in [0.15, 0.2) is 17.6 Å².